The van der Waals surface area contributed by atoms with E-state index in [0.717, 1.165) is 6.07 Å². The number of halogens is 2. The Hall–Kier alpha value is -2.47. The lowest BCUT2D eigenvalue weighted by molar-refractivity contribution is -0.136. The zero-order valence-corrected chi connectivity index (χ0v) is 11.4. The third kappa shape index (κ3) is 4.00. The molecular weight excluding hydrogens is 299 g/mol. The molecule has 5 nitrogen and oxygen atoms in total. The molecule has 1 aromatic heterocycles. The van der Waals surface area contributed by atoms with Crippen LogP contribution in [0.3, 0.4) is 0 Å². The van der Waals surface area contributed by atoms with Crippen molar-refractivity contribution in [1.82, 2.24) is 4.98 Å². The van der Waals surface area contributed by atoms with Gasteiger partial charge < -0.3 is 10.4 Å². The number of anilines is 1. The Morgan fingerprint density at radius 1 is 1.29 bits per heavy atom. The maximum Gasteiger partial charge on any atom is 0.309 e. The van der Waals surface area contributed by atoms with Gasteiger partial charge in [0.1, 0.15) is 5.82 Å². The molecule has 0 bridgehead atoms. The molecule has 0 spiro atoms. The molecule has 0 aliphatic rings. The lowest BCUT2D eigenvalue weighted by Gasteiger charge is -2.06. The van der Waals surface area contributed by atoms with Gasteiger partial charge in [-0.2, -0.15) is 0 Å². The molecule has 7 heteroatoms. The summed E-state index contributed by atoms with van der Waals surface area (Å²) >= 11 is 5.72. The number of nitrogens with zero attached hydrogens (tertiary/aromatic N) is 1. The number of hydrogen-bond acceptors (Lipinski definition) is 3. The Labute approximate surface area is 124 Å². The van der Waals surface area contributed by atoms with Crippen molar-refractivity contribution in [3.63, 3.8) is 0 Å². The first kappa shape index (κ1) is 14.9. The molecule has 2 aromatic rings. The highest BCUT2D eigenvalue weighted by atomic mass is 35.5. The minimum absolute atomic E-state index is 0.183. The van der Waals surface area contributed by atoms with E-state index >= 15 is 0 Å². The summed E-state index contributed by atoms with van der Waals surface area (Å²) in [5, 5.41) is 11.3. The number of carbonyl (C=O) groups is 2. The lowest BCUT2D eigenvalue weighted by atomic mass is 10.2. The van der Waals surface area contributed by atoms with Gasteiger partial charge in [0.2, 0.25) is 0 Å². The Balaban J connectivity index is 2.12. The van der Waals surface area contributed by atoms with E-state index in [4.69, 9.17) is 16.7 Å². The van der Waals surface area contributed by atoms with E-state index in [1.807, 2.05) is 0 Å². The summed E-state index contributed by atoms with van der Waals surface area (Å²) in [5.41, 5.74) is 0.500. The summed E-state index contributed by atoms with van der Waals surface area (Å²) in [6, 6.07) is 6.63. The first-order valence-corrected chi connectivity index (χ1v) is 6.26. The monoisotopic (exact) mass is 308 g/mol. The summed E-state index contributed by atoms with van der Waals surface area (Å²) in [4.78, 5) is 26.3. The highest BCUT2D eigenvalue weighted by Gasteiger charge is 2.13. The molecule has 0 aliphatic heterocycles. The number of rotatable bonds is 4. The summed E-state index contributed by atoms with van der Waals surface area (Å²) in [5.74, 6) is -2.35. The van der Waals surface area contributed by atoms with Crippen molar-refractivity contribution in [2.24, 2.45) is 0 Å². The molecular formula is C14H10ClFN2O3. The van der Waals surface area contributed by atoms with E-state index in [-0.39, 0.29) is 17.0 Å². The van der Waals surface area contributed by atoms with Gasteiger partial charge in [-0.05, 0) is 30.3 Å². The first-order chi connectivity index (χ1) is 9.95. The van der Waals surface area contributed by atoms with Crippen LogP contribution in [0.4, 0.5) is 10.1 Å². The molecule has 1 aromatic carbocycles. The fourth-order valence-corrected chi connectivity index (χ4v) is 1.80. The van der Waals surface area contributed by atoms with Crippen LogP contribution in [0.25, 0.3) is 0 Å². The molecule has 0 aliphatic carbocycles. The quantitative estimate of drug-likeness (QED) is 0.910. The van der Waals surface area contributed by atoms with E-state index in [9.17, 15) is 14.0 Å². The van der Waals surface area contributed by atoms with Gasteiger partial charge in [0.15, 0.2) is 0 Å². The summed E-state index contributed by atoms with van der Waals surface area (Å²) in [7, 11) is 0. The van der Waals surface area contributed by atoms with Gasteiger partial charge in [-0.3, -0.25) is 14.6 Å². The van der Waals surface area contributed by atoms with Crippen LogP contribution in [0.15, 0.2) is 36.5 Å². The molecule has 0 saturated heterocycles. The molecule has 0 unspecified atom stereocenters. The Kier molecular flexibility index (Phi) is 4.49. The van der Waals surface area contributed by atoms with Crippen molar-refractivity contribution in [1.29, 1.82) is 0 Å². The van der Waals surface area contributed by atoms with Crippen molar-refractivity contribution in [3.05, 3.63) is 58.6 Å². The third-order valence-corrected chi connectivity index (χ3v) is 2.82. The second-order valence-corrected chi connectivity index (χ2v) is 4.62. The number of carboxylic acids is 1. The number of aliphatic carboxylic acids is 1. The average molecular weight is 309 g/mol. The van der Waals surface area contributed by atoms with Crippen LogP contribution in [-0.2, 0) is 11.2 Å². The summed E-state index contributed by atoms with van der Waals surface area (Å²) < 4.78 is 13.5. The van der Waals surface area contributed by atoms with Crippen LogP contribution < -0.4 is 5.32 Å². The van der Waals surface area contributed by atoms with Crippen molar-refractivity contribution < 1.29 is 19.1 Å². The van der Waals surface area contributed by atoms with Gasteiger partial charge in [0.05, 0.1) is 29.6 Å². The van der Waals surface area contributed by atoms with Crippen LogP contribution in [0.5, 0.6) is 0 Å². The number of benzene rings is 1. The van der Waals surface area contributed by atoms with E-state index in [2.05, 4.69) is 10.3 Å². The largest absolute Gasteiger partial charge is 0.481 e. The Morgan fingerprint density at radius 2 is 2.05 bits per heavy atom. The molecule has 21 heavy (non-hydrogen) atoms. The van der Waals surface area contributed by atoms with Crippen LogP contribution in [0.1, 0.15) is 16.1 Å². The lowest BCUT2D eigenvalue weighted by Crippen LogP contribution is -2.14. The minimum atomic E-state index is -1.000. The number of hydrogen-bond donors (Lipinski definition) is 2. The second kappa shape index (κ2) is 6.32. The van der Waals surface area contributed by atoms with E-state index < -0.39 is 17.7 Å². The van der Waals surface area contributed by atoms with Gasteiger partial charge in [-0.15, -0.1) is 0 Å². The predicted octanol–water partition coefficient (Wildman–Crippen LogP) is 2.75. The van der Waals surface area contributed by atoms with Crippen molar-refractivity contribution in [2.75, 3.05) is 5.32 Å². The number of amides is 1. The molecule has 0 radical (unpaired) electrons. The number of carbonyl (C=O) groups excluding carboxylic acids is 1. The normalized spacial score (nSPS) is 10.2. The molecule has 0 saturated carbocycles. The number of pyridine rings is 1. The Bertz CT molecular complexity index is 689. The smallest absolute Gasteiger partial charge is 0.309 e. The summed E-state index contributed by atoms with van der Waals surface area (Å²) in [6.07, 6.45) is 1.09. The minimum Gasteiger partial charge on any atom is -0.481 e. The molecule has 1 heterocycles. The van der Waals surface area contributed by atoms with Crippen LogP contribution in [-0.4, -0.2) is 22.0 Å². The standard InChI is InChI=1S/C14H10ClFN2O3/c15-8-1-4-12(16)11(5-8)14(21)18-10-3-2-9(17-7-10)6-13(19)20/h1-5,7H,6H2,(H,18,21)(H,19,20). The van der Waals surface area contributed by atoms with E-state index in [0.29, 0.717) is 11.4 Å². The maximum absolute atomic E-state index is 13.5. The number of nitrogens with one attached hydrogen (secondary N) is 1. The maximum atomic E-state index is 13.5. The zero-order chi connectivity index (χ0) is 15.4. The van der Waals surface area contributed by atoms with Crippen LogP contribution in [0.2, 0.25) is 5.02 Å². The Morgan fingerprint density at radius 3 is 2.67 bits per heavy atom. The first-order valence-electron chi connectivity index (χ1n) is 5.89. The van der Waals surface area contributed by atoms with E-state index in [1.54, 1.807) is 0 Å². The predicted molar refractivity (Wildman–Crippen MR) is 74.9 cm³/mol. The molecule has 1 amide bonds. The molecule has 108 valence electrons. The number of aromatic nitrogens is 1. The zero-order valence-electron chi connectivity index (χ0n) is 10.6. The van der Waals surface area contributed by atoms with Crippen molar-refractivity contribution in [2.45, 2.75) is 6.42 Å². The van der Waals surface area contributed by atoms with Crippen LogP contribution in [0, 0.1) is 5.82 Å². The van der Waals surface area contributed by atoms with Gasteiger partial charge in [-0.1, -0.05) is 11.6 Å². The molecule has 0 fully saturated rings. The highest BCUT2D eigenvalue weighted by Crippen LogP contribution is 2.16. The molecule has 2 N–H and O–H groups in total. The van der Waals surface area contributed by atoms with Gasteiger partial charge in [0, 0.05) is 5.02 Å². The van der Waals surface area contributed by atoms with Crippen molar-refractivity contribution >= 4 is 29.2 Å². The topological polar surface area (TPSA) is 79.3 Å². The van der Waals surface area contributed by atoms with Gasteiger partial charge >= 0.3 is 5.97 Å². The average Bonchev–Trinajstić information content (AvgIpc) is 2.43. The second-order valence-electron chi connectivity index (χ2n) is 4.19. The molecule has 2 rings (SSSR count). The van der Waals surface area contributed by atoms with Gasteiger partial charge in [0.25, 0.3) is 5.91 Å². The fourth-order valence-electron chi connectivity index (χ4n) is 1.63. The van der Waals surface area contributed by atoms with Gasteiger partial charge in [-0.25, -0.2) is 4.39 Å². The fraction of sp³-hybridized carbons (Fsp3) is 0.0714. The summed E-state index contributed by atoms with van der Waals surface area (Å²) in [6.45, 7) is 0. The van der Waals surface area contributed by atoms with Crippen molar-refractivity contribution in [3.8, 4) is 0 Å². The highest BCUT2D eigenvalue weighted by molar-refractivity contribution is 6.31. The van der Waals surface area contributed by atoms with E-state index in [1.165, 1.54) is 30.5 Å². The molecule has 0 atom stereocenters. The van der Waals surface area contributed by atoms with Crippen LogP contribution >= 0.6 is 11.6 Å². The SMILES string of the molecule is O=C(O)Cc1ccc(NC(=O)c2cc(Cl)ccc2F)cn1. The number of carboxylic acid groups (broad SMARTS) is 1. The third-order valence-electron chi connectivity index (χ3n) is 2.59.